The zero-order valence-electron chi connectivity index (χ0n) is 11.2. The summed E-state index contributed by atoms with van der Waals surface area (Å²) < 4.78 is 0. The zero-order valence-corrected chi connectivity index (χ0v) is 12.0. The average Bonchev–Trinajstić information content (AvgIpc) is 2.28. The molecule has 3 nitrogen and oxygen atoms in total. The number of rotatable bonds is 6. The predicted octanol–water partition coefficient (Wildman–Crippen LogP) is 2.56. The molecule has 100 valence electrons. The highest BCUT2D eigenvalue weighted by Crippen LogP contribution is 2.38. The van der Waals surface area contributed by atoms with Gasteiger partial charge in [-0.3, -0.25) is 4.79 Å². The molecule has 0 aromatic heterocycles. The van der Waals surface area contributed by atoms with Crippen LogP contribution < -0.4 is 0 Å². The molecule has 1 saturated carbocycles. The smallest absolute Gasteiger partial charge is 0.307 e. The molecule has 17 heavy (non-hydrogen) atoms. The molecule has 1 aliphatic rings. The number of hydrogen-bond acceptors (Lipinski definition) is 3. The number of nitrogens with zero attached hydrogens (tertiary/aromatic N) is 1. The Morgan fingerprint density at radius 2 is 2.12 bits per heavy atom. The van der Waals surface area contributed by atoms with Crippen LogP contribution in [0.3, 0.4) is 0 Å². The van der Waals surface area contributed by atoms with E-state index in [0.717, 1.165) is 37.5 Å². The summed E-state index contributed by atoms with van der Waals surface area (Å²) in [7, 11) is 4.12. The predicted molar refractivity (Wildman–Crippen MR) is 73.6 cm³/mol. The highest BCUT2D eigenvalue weighted by Gasteiger charge is 2.34. The molecule has 0 saturated heterocycles. The van der Waals surface area contributed by atoms with Crippen LogP contribution in [-0.4, -0.2) is 47.6 Å². The Bertz CT molecular complexity index is 246. The van der Waals surface area contributed by atoms with E-state index in [1.807, 2.05) is 11.8 Å². The lowest BCUT2D eigenvalue weighted by Crippen LogP contribution is -2.33. The molecule has 3 unspecified atom stereocenters. The van der Waals surface area contributed by atoms with Crippen molar-refractivity contribution in [1.29, 1.82) is 0 Å². The molecule has 1 rings (SSSR count). The van der Waals surface area contributed by atoms with E-state index in [-0.39, 0.29) is 5.92 Å². The van der Waals surface area contributed by atoms with Crippen LogP contribution in [0.5, 0.6) is 0 Å². The van der Waals surface area contributed by atoms with Crippen LogP contribution in [0.25, 0.3) is 0 Å². The quantitative estimate of drug-likeness (QED) is 0.796. The average molecular weight is 259 g/mol. The third-order valence-electron chi connectivity index (χ3n) is 3.67. The number of carbonyl (C=O) groups is 1. The van der Waals surface area contributed by atoms with E-state index in [2.05, 4.69) is 25.9 Å². The molecular formula is C13H25NO2S. The third-order valence-corrected chi connectivity index (χ3v) is 5.03. The maximum absolute atomic E-state index is 11.2. The maximum atomic E-state index is 11.2. The van der Waals surface area contributed by atoms with Crippen LogP contribution in [-0.2, 0) is 4.79 Å². The van der Waals surface area contributed by atoms with E-state index >= 15 is 0 Å². The first-order valence-electron chi connectivity index (χ1n) is 6.53. The SMILES string of the molecule is CCC1CCC(C(=O)O)C(SCCN(C)C)C1. The molecule has 1 N–H and O–H groups in total. The highest BCUT2D eigenvalue weighted by molar-refractivity contribution is 7.99. The van der Waals surface area contributed by atoms with Crippen LogP contribution in [0.2, 0.25) is 0 Å². The topological polar surface area (TPSA) is 40.5 Å². The van der Waals surface area contributed by atoms with Crippen molar-refractivity contribution in [3.05, 3.63) is 0 Å². The lowest BCUT2D eigenvalue weighted by Gasteiger charge is -2.33. The van der Waals surface area contributed by atoms with Gasteiger partial charge in [-0.25, -0.2) is 0 Å². The van der Waals surface area contributed by atoms with Crippen molar-refractivity contribution < 1.29 is 9.90 Å². The Balaban J connectivity index is 2.46. The van der Waals surface area contributed by atoms with E-state index in [9.17, 15) is 9.90 Å². The highest BCUT2D eigenvalue weighted by atomic mass is 32.2. The molecule has 4 heteroatoms. The van der Waals surface area contributed by atoms with Gasteiger partial charge in [0.15, 0.2) is 0 Å². The molecule has 1 fully saturated rings. The number of hydrogen-bond donors (Lipinski definition) is 1. The molecule has 0 aromatic rings. The lowest BCUT2D eigenvalue weighted by atomic mass is 9.80. The maximum Gasteiger partial charge on any atom is 0.307 e. The van der Waals surface area contributed by atoms with Gasteiger partial charge in [-0.2, -0.15) is 11.8 Å². The van der Waals surface area contributed by atoms with Gasteiger partial charge in [-0.05, 0) is 39.3 Å². The third kappa shape index (κ3) is 4.88. The Kier molecular flexibility index (Phi) is 6.34. The van der Waals surface area contributed by atoms with Gasteiger partial charge in [0.1, 0.15) is 0 Å². The van der Waals surface area contributed by atoms with Crippen molar-refractivity contribution in [2.75, 3.05) is 26.4 Å². The van der Waals surface area contributed by atoms with Gasteiger partial charge in [0.2, 0.25) is 0 Å². The van der Waals surface area contributed by atoms with Crippen LogP contribution in [0, 0.1) is 11.8 Å². The van der Waals surface area contributed by atoms with Crippen molar-refractivity contribution >= 4 is 17.7 Å². The summed E-state index contributed by atoms with van der Waals surface area (Å²) in [5.41, 5.74) is 0. The normalized spacial score (nSPS) is 29.5. The Labute approximate surface area is 109 Å². The first-order chi connectivity index (χ1) is 8.04. The van der Waals surface area contributed by atoms with Crippen molar-refractivity contribution in [3.63, 3.8) is 0 Å². The Hall–Kier alpha value is -0.220. The number of aliphatic carboxylic acids is 1. The zero-order chi connectivity index (χ0) is 12.8. The van der Waals surface area contributed by atoms with Gasteiger partial charge in [-0.15, -0.1) is 0 Å². The van der Waals surface area contributed by atoms with E-state index in [1.54, 1.807) is 0 Å². The fraction of sp³-hybridized carbons (Fsp3) is 0.923. The first-order valence-corrected chi connectivity index (χ1v) is 7.58. The standard InChI is InChI=1S/C13H25NO2S/c1-4-10-5-6-11(13(15)16)12(9-10)17-8-7-14(2)3/h10-12H,4-9H2,1-3H3,(H,15,16). The molecule has 0 amide bonds. The molecule has 0 heterocycles. The van der Waals surface area contributed by atoms with Gasteiger partial charge in [0.05, 0.1) is 5.92 Å². The van der Waals surface area contributed by atoms with Crippen LogP contribution in [0.15, 0.2) is 0 Å². The molecule has 0 aliphatic heterocycles. The van der Waals surface area contributed by atoms with Crippen LogP contribution >= 0.6 is 11.8 Å². The summed E-state index contributed by atoms with van der Waals surface area (Å²) in [4.78, 5) is 13.4. The Morgan fingerprint density at radius 3 is 2.65 bits per heavy atom. The Morgan fingerprint density at radius 1 is 1.41 bits per heavy atom. The summed E-state index contributed by atoms with van der Waals surface area (Å²) in [6.45, 7) is 3.25. The summed E-state index contributed by atoms with van der Waals surface area (Å²) in [5.74, 6) is 1.06. The van der Waals surface area contributed by atoms with E-state index in [1.165, 1.54) is 6.42 Å². The second-order valence-corrected chi connectivity index (χ2v) is 6.59. The van der Waals surface area contributed by atoms with Gasteiger partial charge in [0.25, 0.3) is 0 Å². The lowest BCUT2D eigenvalue weighted by molar-refractivity contribution is -0.142. The molecular weight excluding hydrogens is 234 g/mol. The number of carboxylic acid groups (broad SMARTS) is 1. The van der Waals surface area contributed by atoms with E-state index < -0.39 is 5.97 Å². The van der Waals surface area contributed by atoms with Crippen molar-refractivity contribution in [3.8, 4) is 0 Å². The minimum absolute atomic E-state index is 0.120. The fourth-order valence-electron chi connectivity index (χ4n) is 2.44. The summed E-state index contributed by atoms with van der Waals surface area (Å²) in [5, 5.41) is 9.58. The second kappa shape index (κ2) is 7.27. The van der Waals surface area contributed by atoms with E-state index in [4.69, 9.17) is 0 Å². The second-order valence-electron chi connectivity index (χ2n) is 5.24. The molecule has 1 aliphatic carbocycles. The summed E-state index contributed by atoms with van der Waals surface area (Å²) in [6, 6.07) is 0. The first kappa shape index (κ1) is 14.8. The largest absolute Gasteiger partial charge is 0.481 e. The number of carboxylic acids is 1. The fourth-order valence-corrected chi connectivity index (χ4v) is 4.10. The van der Waals surface area contributed by atoms with Gasteiger partial charge >= 0.3 is 5.97 Å². The van der Waals surface area contributed by atoms with Crippen molar-refractivity contribution in [2.45, 2.75) is 37.9 Å². The van der Waals surface area contributed by atoms with Crippen molar-refractivity contribution in [1.82, 2.24) is 4.90 Å². The molecule has 0 spiro atoms. The van der Waals surface area contributed by atoms with Crippen LogP contribution in [0.1, 0.15) is 32.6 Å². The summed E-state index contributed by atoms with van der Waals surface area (Å²) in [6.07, 6.45) is 4.24. The monoisotopic (exact) mass is 259 g/mol. The van der Waals surface area contributed by atoms with E-state index in [0.29, 0.717) is 5.25 Å². The minimum atomic E-state index is -0.595. The molecule has 3 atom stereocenters. The molecule has 0 bridgehead atoms. The number of thioether (sulfide) groups is 1. The summed E-state index contributed by atoms with van der Waals surface area (Å²) >= 11 is 1.86. The van der Waals surface area contributed by atoms with Crippen LogP contribution in [0.4, 0.5) is 0 Å². The van der Waals surface area contributed by atoms with Gasteiger partial charge in [0, 0.05) is 17.5 Å². The van der Waals surface area contributed by atoms with Gasteiger partial charge in [-0.1, -0.05) is 13.3 Å². The van der Waals surface area contributed by atoms with Crippen molar-refractivity contribution in [2.24, 2.45) is 11.8 Å². The minimum Gasteiger partial charge on any atom is -0.481 e. The molecule has 0 radical (unpaired) electrons. The van der Waals surface area contributed by atoms with Gasteiger partial charge < -0.3 is 10.0 Å². The molecule has 0 aromatic carbocycles.